The first-order valence-electron chi connectivity index (χ1n) is 9.94. The number of hydrogen-bond donors (Lipinski definition) is 2. The minimum absolute atomic E-state index is 0.547. The first-order chi connectivity index (χ1) is 14.2. The van der Waals surface area contributed by atoms with Crippen LogP contribution in [-0.4, -0.2) is 34.3 Å². The second kappa shape index (κ2) is 9.13. The lowest BCUT2D eigenvalue weighted by Crippen LogP contribution is -2.29. The van der Waals surface area contributed by atoms with Gasteiger partial charge in [-0.05, 0) is 62.3 Å². The van der Waals surface area contributed by atoms with Gasteiger partial charge in [0.25, 0.3) is 0 Å². The van der Waals surface area contributed by atoms with Gasteiger partial charge < -0.3 is 15.5 Å². The van der Waals surface area contributed by atoms with Crippen LogP contribution in [-0.2, 0) is 0 Å². The second-order valence-corrected chi connectivity index (χ2v) is 8.03. The van der Waals surface area contributed by atoms with E-state index >= 15 is 0 Å². The predicted octanol–water partition coefficient (Wildman–Crippen LogP) is 5.38. The Hall–Kier alpha value is -2.80. The van der Waals surface area contributed by atoms with Gasteiger partial charge in [-0.15, -0.1) is 11.8 Å². The summed E-state index contributed by atoms with van der Waals surface area (Å²) in [7, 11) is 0. The average molecular weight is 407 g/mol. The highest BCUT2D eigenvalue weighted by atomic mass is 32.2. The van der Waals surface area contributed by atoms with Gasteiger partial charge in [0.15, 0.2) is 0 Å². The average Bonchev–Trinajstić information content (AvgIpc) is 2.75. The van der Waals surface area contributed by atoms with Crippen molar-refractivity contribution >= 4 is 40.7 Å². The van der Waals surface area contributed by atoms with Gasteiger partial charge in [0, 0.05) is 25.0 Å². The topological polar surface area (TPSA) is 66.0 Å². The third-order valence-electron chi connectivity index (χ3n) is 4.94. The molecule has 1 fully saturated rings. The highest BCUT2D eigenvalue weighted by Gasteiger charge is 2.12. The monoisotopic (exact) mass is 406 g/mol. The third kappa shape index (κ3) is 4.98. The molecule has 0 amide bonds. The molecule has 150 valence electrons. The number of nitrogens with one attached hydrogen (secondary N) is 2. The normalized spacial score (nSPS) is 13.9. The lowest BCUT2D eigenvalue weighted by atomic mass is 10.1. The van der Waals surface area contributed by atoms with Crippen LogP contribution in [0, 0.1) is 6.92 Å². The highest BCUT2D eigenvalue weighted by Crippen LogP contribution is 2.28. The summed E-state index contributed by atoms with van der Waals surface area (Å²) in [6.07, 6.45) is 9.52. The largest absolute Gasteiger partial charge is 0.357 e. The molecule has 1 saturated heterocycles. The Labute approximate surface area is 176 Å². The number of aromatic nitrogens is 3. The number of anilines is 5. The van der Waals surface area contributed by atoms with Crippen molar-refractivity contribution in [1.82, 2.24) is 15.0 Å². The van der Waals surface area contributed by atoms with Crippen molar-refractivity contribution in [2.45, 2.75) is 31.1 Å². The van der Waals surface area contributed by atoms with E-state index in [1.165, 1.54) is 24.8 Å². The van der Waals surface area contributed by atoms with Crippen molar-refractivity contribution in [3.8, 4) is 0 Å². The molecule has 0 radical (unpaired) electrons. The molecule has 1 aromatic carbocycles. The maximum absolute atomic E-state index is 4.68. The van der Waals surface area contributed by atoms with E-state index in [1.807, 2.05) is 36.8 Å². The Kier molecular flexibility index (Phi) is 6.14. The lowest BCUT2D eigenvalue weighted by molar-refractivity contribution is 0.573. The Balaban J connectivity index is 1.49. The maximum atomic E-state index is 4.68. The molecule has 0 aliphatic carbocycles. The fraction of sp³-hybridized carbons (Fsp3) is 0.318. The zero-order valence-corrected chi connectivity index (χ0v) is 17.7. The molecule has 0 saturated carbocycles. The van der Waals surface area contributed by atoms with Crippen LogP contribution >= 0.6 is 11.8 Å². The van der Waals surface area contributed by atoms with Gasteiger partial charge >= 0.3 is 0 Å². The van der Waals surface area contributed by atoms with Crippen LogP contribution in [0.15, 0.2) is 53.7 Å². The first kappa shape index (κ1) is 19.5. The maximum Gasteiger partial charge on any atom is 0.229 e. The van der Waals surface area contributed by atoms with Gasteiger partial charge in [0.2, 0.25) is 5.95 Å². The Bertz CT molecular complexity index is 954. The van der Waals surface area contributed by atoms with Gasteiger partial charge in [-0.2, -0.15) is 4.98 Å². The molecule has 0 spiro atoms. The van der Waals surface area contributed by atoms with Crippen molar-refractivity contribution in [2.24, 2.45) is 0 Å². The fourth-order valence-electron chi connectivity index (χ4n) is 3.43. The van der Waals surface area contributed by atoms with E-state index in [2.05, 4.69) is 55.6 Å². The summed E-state index contributed by atoms with van der Waals surface area (Å²) in [6.45, 7) is 4.26. The fourth-order valence-corrected chi connectivity index (χ4v) is 3.88. The van der Waals surface area contributed by atoms with Gasteiger partial charge in [-0.25, -0.2) is 9.97 Å². The predicted molar refractivity (Wildman–Crippen MR) is 122 cm³/mol. The van der Waals surface area contributed by atoms with Gasteiger partial charge in [-0.1, -0.05) is 12.1 Å². The molecular formula is C22H26N6S. The summed E-state index contributed by atoms with van der Waals surface area (Å²) in [5, 5.41) is 6.68. The number of piperidine rings is 1. The number of hydrogen-bond acceptors (Lipinski definition) is 7. The summed E-state index contributed by atoms with van der Waals surface area (Å²) in [5.41, 5.74) is 3.09. The van der Waals surface area contributed by atoms with E-state index in [1.54, 1.807) is 11.8 Å². The molecule has 1 aliphatic heterocycles. The van der Waals surface area contributed by atoms with E-state index in [9.17, 15) is 0 Å². The van der Waals surface area contributed by atoms with Gasteiger partial charge in [0.05, 0.1) is 16.8 Å². The number of aryl methyl sites for hydroxylation is 1. The van der Waals surface area contributed by atoms with E-state index in [0.717, 1.165) is 41.0 Å². The number of nitrogens with zero attached hydrogens (tertiary/aromatic N) is 4. The van der Waals surface area contributed by atoms with Crippen LogP contribution in [0.1, 0.15) is 24.8 Å². The van der Waals surface area contributed by atoms with Crippen LogP contribution in [0.2, 0.25) is 0 Å². The molecule has 0 bridgehead atoms. The zero-order valence-electron chi connectivity index (χ0n) is 16.9. The second-order valence-electron chi connectivity index (χ2n) is 7.18. The Morgan fingerprint density at radius 1 is 0.931 bits per heavy atom. The highest BCUT2D eigenvalue weighted by molar-refractivity contribution is 7.98. The summed E-state index contributed by atoms with van der Waals surface area (Å²) in [6, 6.07) is 12.4. The van der Waals surface area contributed by atoms with Crippen molar-refractivity contribution < 1.29 is 0 Å². The number of benzene rings is 1. The summed E-state index contributed by atoms with van der Waals surface area (Å²) in [5.74, 6) is 2.37. The van der Waals surface area contributed by atoms with Crippen molar-refractivity contribution in [1.29, 1.82) is 0 Å². The van der Waals surface area contributed by atoms with Crippen molar-refractivity contribution in [2.75, 3.05) is 34.9 Å². The molecule has 4 rings (SSSR count). The molecule has 6 nitrogen and oxygen atoms in total. The van der Waals surface area contributed by atoms with Gasteiger partial charge in [0.1, 0.15) is 11.6 Å². The molecule has 0 atom stereocenters. The molecule has 3 aromatic rings. The molecule has 29 heavy (non-hydrogen) atoms. The van der Waals surface area contributed by atoms with E-state index in [0.29, 0.717) is 5.95 Å². The number of thioether (sulfide) groups is 1. The van der Waals surface area contributed by atoms with Crippen molar-refractivity contribution in [3.63, 3.8) is 0 Å². The Morgan fingerprint density at radius 3 is 2.52 bits per heavy atom. The zero-order chi connectivity index (χ0) is 20.1. The molecule has 7 heteroatoms. The number of pyridine rings is 1. The van der Waals surface area contributed by atoms with Crippen LogP contribution in [0.25, 0.3) is 0 Å². The van der Waals surface area contributed by atoms with Crippen molar-refractivity contribution in [3.05, 3.63) is 54.4 Å². The summed E-state index contributed by atoms with van der Waals surface area (Å²) < 4.78 is 0. The van der Waals surface area contributed by atoms with Crippen LogP contribution in [0.3, 0.4) is 0 Å². The lowest BCUT2D eigenvalue weighted by Gasteiger charge is -2.27. The molecular weight excluding hydrogens is 380 g/mol. The molecule has 1 aliphatic rings. The molecule has 3 heterocycles. The summed E-state index contributed by atoms with van der Waals surface area (Å²) in [4.78, 5) is 17.1. The minimum Gasteiger partial charge on any atom is -0.357 e. The number of rotatable bonds is 6. The van der Waals surface area contributed by atoms with E-state index in [4.69, 9.17) is 0 Å². The first-order valence-corrected chi connectivity index (χ1v) is 11.2. The molecule has 2 N–H and O–H groups in total. The van der Waals surface area contributed by atoms with Crippen LogP contribution < -0.4 is 15.5 Å². The van der Waals surface area contributed by atoms with Crippen LogP contribution in [0.5, 0.6) is 0 Å². The quantitative estimate of drug-likeness (QED) is 0.533. The van der Waals surface area contributed by atoms with E-state index < -0.39 is 0 Å². The van der Waals surface area contributed by atoms with E-state index in [-0.39, 0.29) is 0 Å². The Morgan fingerprint density at radius 2 is 1.79 bits per heavy atom. The standard InChI is InChI=1S/C22H26N6S/c1-16-7-6-8-17(13-16)25-21-19(29-2)15-24-22(27-21)26-18-9-10-20(23-14-18)28-11-4-3-5-12-28/h6-10,13-15H,3-5,11-12H2,1-2H3,(H2,24,25,26,27). The summed E-state index contributed by atoms with van der Waals surface area (Å²) >= 11 is 1.62. The minimum atomic E-state index is 0.547. The third-order valence-corrected chi connectivity index (χ3v) is 5.68. The smallest absolute Gasteiger partial charge is 0.229 e. The molecule has 0 unspecified atom stereocenters. The van der Waals surface area contributed by atoms with Crippen LogP contribution in [0.4, 0.5) is 29.0 Å². The SMILES string of the molecule is CSc1cnc(Nc2ccc(N3CCCCC3)nc2)nc1Nc1cccc(C)c1. The molecule has 2 aromatic heterocycles. The van der Waals surface area contributed by atoms with Gasteiger partial charge in [-0.3, -0.25) is 0 Å².